The molecule has 1 aliphatic rings. The maximum Gasteiger partial charge on any atom is 0.240 e. The Morgan fingerprint density at radius 2 is 1.66 bits per heavy atom. The van der Waals surface area contributed by atoms with Gasteiger partial charge in [0.2, 0.25) is 26.0 Å². The fourth-order valence-corrected chi connectivity index (χ4v) is 5.37. The highest BCUT2D eigenvalue weighted by Crippen LogP contribution is 2.42. The van der Waals surface area contributed by atoms with Gasteiger partial charge in [-0.25, -0.2) is 26.7 Å². The number of hydrogen-bond donors (Lipinski definition) is 2. The lowest BCUT2D eigenvalue weighted by Crippen LogP contribution is -2.36. The zero-order chi connectivity index (χ0) is 23.9. The minimum Gasteiger partial charge on any atom is -0.311 e. The van der Waals surface area contributed by atoms with E-state index in [-0.39, 0.29) is 33.6 Å². The number of fused-ring (bicyclic) bond motifs is 1. The molecule has 0 bridgehead atoms. The van der Waals surface area contributed by atoms with Crippen molar-refractivity contribution in [2.24, 2.45) is 11.1 Å². The molecule has 1 aliphatic heterocycles. The number of anilines is 1. The Morgan fingerprint density at radius 3 is 2.22 bits per heavy atom. The van der Waals surface area contributed by atoms with Crippen LogP contribution in [0.4, 0.5) is 5.69 Å². The minimum absolute atomic E-state index is 0.00702. The third-order valence-corrected chi connectivity index (χ3v) is 7.96. The van der Waals surface area contributed by atoms with E-state index in [0.717, 1.165) is 16.8 Å². The molecule has 0 unspecified atom stereocenters. The van der Waals surface area contributed by atoms with Crippen LogP contribution < -0.4 is 14.8 Å². The van der Waals surface area contributed by atoms with Crippen LogP contribution in [0, 0.1) is 5.92 Å². The van der Waals surface area contributed by atoms with Crippen molar-refractivity contribution in [2.45, 2.75) is 49.3 Å². The SMILES string of the molecule is CC(C)C(=O)N1CC(C)(C)c2cc(S(=O)(=O)NCCc3ccc(S(N)(=O)=O)cc3)ccc21. The molecule has 174 valence electrons. The molecule has 0 aliphatic carbocycles. The molecule has 3 rings (SSSR count). The molecule has 2 aromatic carbocycles. The van der Waals surface area contributed by atoms with Crippen molar-refractivity contribution in [3.05, 3.63) is 53.6 Å². The summed E-state index contributed by atoms with van der Waals surface area (Å²) in [7, 11) is -7.52. The number of carbonyl (C=O) groups is 1. The molecular weight excluding hydrogens is 450 g/mol. The number of benzene rings is 2. The molecule has 0 radical (unpaired) electrons. The van der Waals surface area contributed by atoms with Crippen molar-refractivity contribution in [3.63, 3.8) is 0 Å². The largest absolute Gasteiger partial charge is 0.311 e. The van der Waals surface area contributed by atoms with Crippen LogP contribution in [0.25, 0.3) is 0 Å². The van der Waals surface area contributed by atoms with Crippen LogP contribution >= 0.6 is 0 Å². The average molecular weight is 480 g/mol. The summed E-state index contributed by atoms with van der Waals surface area (Å²) < 4.78 is 51.0. The average Bonchev–Trinajstić information content (AvgIpc) is 2.97. The summed E-state index contributed by atoms with van der Waals surface area (Å²) in [5, 5.41) is 5.08. The second-order valence-corrected chi connectivity index (χ2v) is 12.3. The summed E-state index contributed by atoms with van der Waals surface area (Å²) >= 11 is 0. The number of nitrogens with zero attached hydrogens (tertiary/aromatic N) is 1. The van der Waals surface area contributed by atoms with Crippen molar-refractivity contribution in [1.82, 2.24) is 4.72 Å². The van der Waals surface area contributed by atoms with E-state index in [9.17, 15) is 21.6 Å². The lowest BCUT2D eigenvalue weighted by molar-refractivity contribution is -0.121. The number of carbonyl (C=O) groups excluding carboxylic acids is 1. The van der Waals surface area contributed by atoms with Crippen LogP contribution in [0.1, 0.15) is 38.8 Å². The lowest BCUT2D eigenvalue weighted by Gasteiger charge is -2.22. The molecule has 10 heteroatoms. The van der Waals surface area contributed by atoms with Gasteiger partial charge < -0.3 is 4.90 Å². The Morgan fingerprint density at radius 1 is 1.06 bits per heavy atom. The third-order valence-electron chi connectivity index (χ3n) is 5.57. The number of hydrogen-bond acceptors (Lipinski definition) is 5. The van der Waals surface area contributed by atoms with Crippen LogP contribution in [0.3, 0.4) is 0 Å². The van der Waals surface area contributed by atoms with E-state index in [1.54, 1.807) is 29.2 Å². The van der Waals surface area contributed by atoms with Gasteiger partial charge in [-0.1, -0.05) is 39.8 Å². The van der Waals surface area contributed by atoms with Crippen LogP contribution in [-0.4, -0.2) is 35.8 Å². The zero-order valence-electron chi connectivity index (χ0n) is 18.6. The van der Waals surface area contributed by atoms with Gasteiger partial charge in [-0.2, -0.15) is 0 Å². The molecule has 0 spiro atoms. The van der Waals surface area contributed by atoms with E-state index in [1.807, 2.05) is 27.7 Å². The first-order valence-electron chi connectivity index (χ1n) is 10.3. The summed E-state index contributed by atoms with van der Waals surface area (Å²) in [5.41, 5.74) is 1.99. The predicted octanol–water partition coefficient (Wildman–Crippen LogP) is 2.14. The van der Waals surface area contributed by atoms with Crippen LogP contribution in [-0.2, 0) is 36.7 Å². The number of amides is 1. The van der Waals surface area contributed by atoms with Gasteiger partial charge in [0.1, 0.15) is 0 Å². The summed E-state index contributed by atoms with van der Waals surface area (Å²) in [5.74, 6) is -0.139. The fraction of sp³-hybridized carbons (Fsp3) is 0.409. The summed E-state index contributed by atoms with van der Waals surface area (Å²) in [4.78, 5) is 14.5. The number of nitrogens with two attached hydrogens (primary N) is 1. The van der Waals surface area contributed by atoms with E-state index in [0.29, 0.717) is 13.0 Å². The Balaban J connectivity index is 1.75. The van der Waals surface area contributed by atoms with Gasteiger partial charge in [0, 0.05) is 30.1 Å². The molecule has 0 aromatic heterocycles. The van der Waals surface area contributed by atoms with Crippen LogP contribution in [0.15, 0.2) is 52.3 Å². The highest BCUT2D eigenvalue weighted by atomic mass is 32.2. The summed E-state index contributed by atoms with van der Waals surface area (Å²) in [6.07, 6.45) is 0.386. The highest BCUT2D eigenvalue weighted by Gasteiger charge is 2.39. The van der Waals surface area contributed by atoms with E-state index in [4.69, 9.17) is 5.14 Å². The van der Waals surface area contributed by atoms with E-state index >= 15 is 0 Å². The molecule has 2 aromatic rings. The standard InChI is InChI=1S/C22H29N3O5S2/c1-15(2)21(26)25-14-22(3,4)19-13-18(9-10-20(19)25)32(29,30)24-12-11-16-5-7-17(8-6-16)31(23,27)28/h5-10,13,15,24H,11-12,14H2,1-4H3,(H2,23,27,28). The highest BCUT2D eigenvalue weighted by molar-refractivity contribution is 7.89. The molecule has 1 amide bonds. The predicted molar refractivity (Wildman–Crippen MR) is 123 cm³/mol. The smallest absolute Gasteiger partial charge is 0.240 e. The number of primary sulfonamides is 1. The van der Waals surface area contributed by atoms with Crippen molar-refractivity contribution < 1.29 is 21.6 Å². The molecular formula is C22H29N3O5S2. The van der Waals surface area contributed by atoms with Crippen LogP contribution in [0.2, 0.25) is 0 Å². The Labute approximate surface area is 189 Å². The normalized spacial score (nSPS) is 15.8. The van der Waals surface area contributed by atoms with Crippen LogP contribution in [0.5, 0.6) is 0 Å². The molecule has 32 heavy (non-hydrogen) atoms. The van der Waals surface area contributed by atoms with Gasteiger partial charge in [-0.05, 0) is 47.9 Å². The third kappa shape index (κ3) is 5.03. The van der Waals surface area contributed by atoms with Gasteiger partial charge >= 0.3 is 0 Å². The maximum atomic E-state index is 12.9. The molecule has 8 nitrogen and oxygen atoms in total. The first kappa shape index (κ1) is 24.4. The molecule has 3 N–H and O–H groups in total. The second kappa shape index (κ2) is 8.58. The fourth-order valence-electron chi connectivity index (χ4n) is 3.79. The number of nitrogens with one attached hydrogen (secondary N) is 1. The lowest BCUT2D eigenvalue weighted by atomic mass is 9.87. The zero-order valence-corrected chi connectivity index (χ0v) is 20.3. The van der Waals surface area contributed by atoms with Crippen molar-refractivity contribution in [3.8, 4) is 0 Å². The quantitative estimate of drug-likeness (QED) is 0.629. The van der Waals surface area contributed by atoms with E-state index in [2.05, 4.69) is 4.72 Å². The summed E-state index contributed by atoms with van der Waals surface area (Å²) in [6, 6.07) is 10.9. The van der Waals surface area contributed by atoms with Gasteiger partial charge in [0.15, 0.2) is 0 Å². The van der Waals surface area contributed by atoms with Crippen molar-refractivity contribution in [1.29, 1.82) is 0 Å². The molecule has 0 saturated carbocycles. The molecule has 0 fully saturated rings. The number of sulfonamides is 2. The monoisotopic (exact) mass is 479 g/mol. The van der Waals surface area contributed by atoms with Gasteiger partial charge in [-0.15, -0.1) is 0 Å². The topological polar surface area (TPSA) is 127 Å². The molecule has 1 heterocycles. The second-order valence-electron chi connectivity index (χ2n) is 8.98. The molecule has 0 saturated heterocycles. The van der Waals surface area contributed by atoms with Gasteiger partial charge in [0.05, 0.1) is 9.79 Å². The Hall–Kier alpha value is -2.27. The molecule has 0 atom stereocenters. The first-order chi connectivity index (χ1) is 14.7. The van der Waals surface area contributed by atoms with Crippen molar-refractivity contribution >= 4 is 31.6 Å². The van der Waals surface area contributed by atoms with E-state index in [1.165, 1.54) is 18.2 Å². The minimum atomic E-state index is -3.76. The van der Waals surface area contributed by atoms with E-state index < -0.39 is 20.0 Å². The van der Waals surface area contributed by atoms with Gasteiger partial charge in [0.25, 0.3) is 0 Å². The first-order valence-corrected chi connectivity index (χ1v) is 13.3. The number of rotatable bonds is 7. The maximum absolute atomic E-state index is 12.9. The van der Waals surface area contributed by atoms with Crippen molar-refractivity contribution in [2.75, 3.05) is 18.0 Å². The Kier molecular flexibility index (Phi) is 6.54. The van der Waals surface area contributed by atoms with Gasteiger partial charge in [-0.3, -0.25) is 4.79 Å². The summed E-state index contributed by atoms with van der Waals surface area (Å²) in [6.45, 7) is 8.33. The Bertz CT molecular complexity index is 1230.